The van der Waals surface area contributed by atoms with E-state index < -0.39 is 0 Å². The summed E-state index contributed by atoms with van der Waals surface area (Å²) in [6, 6.07) is 5.96. The van der Waals surface area contributed by atoms with Crippen LogP contribution >= 0.6 is 15.9 Å². The molecule has 3 heterocycles. The first-order chi connectivity index (χ1) is 14.6. The minimum Gasteiger partial charge on any atom is -0.337 e. The van der Waals surface area contributed by atoms with Crippen LogP contribution in [0.2, 0.25) is 0 Å². The molecule has 3 aliphatic carbocycles. The number of rotatable bonds is 7. The van der Waals surface area contributed by atoms with Gasteiger partial charge in [0.1, 0.15) is 5.82 Å². The summed E-state index contributed by atoms with van der Waals surface area (Å²) in [5.74, 6) is 1.35. The van der Waals surface area contributed by atoms with Crippen LogP contribution in [0.25, 0.3) is 0 Å². The quantitative estimate of drug-likeness (QED) is 0.531. The van der Waals surface area contributed by atoms with Crippen LogP contribution < -0.4 is 4.90 Å². The summed E-state index contributed by atoms with van der Waals surface area (Å²) in [7, 11) is 1.94. The average Bonchev–Trinajstić information content (AvgIpc) is 3.50. The van der Waals surface area contributed by atoms with Gasteiger partial charge in [-0.2, -0.15) is 5.10 Å². The second kappa shape index (κ2) is 7.65. The number of amides is 1. The lowest BCUT2D eigenvalue weighted by Crippen LogP contribution is -2.54. The third-order valence-corrected chi connectivity index (χ3v) is 7.22. The van der Waals surface area contributed by atoms with Gasteiger partial charge in [-0.1, -0.05) is 0 Å². The second-order valence-corrected chi connectivity index (χ2v) is 9.41. The third kappa shape index (κ3) is 3.27. The van der Waals surface area contributed by atoms with Crippen molar-refractivity contribution in [2.24, 2.45) is 18.9 Å². The minimum atomic E-state index is -0.110. The SMILES string of the molecule is Cn1ccc(C23CCC(C2)C3C(=O)N(CCCn2ccnc2)c2ccc(Br)cn2)n1. The molecule has 0 radical (unpaired) electrons. The van der Waals surface area contributed by atoms with Crippen molar-refractivity contribution in [2.45, 2.75) is 37.6 Å². The Morgan fingerprint density at radius 3 is 2.90 bits per heavy atom. The number of fused-ring (bicyclic) bond motifs is 1. The lowest BCUT2D eigenvalue weighted by molar-refractivity contribution is -0.130. The fourth-order valence-corrected chi connectivity index (χ4v) is 5.58. The van der Waals surface area contributed by atoms with Crippen molar-refractivity contribution in [1.29, 1.82) is 0 Å². The zero-order valence-corrected chi connectivity index (χ0v) is 18.6. The lowest BCUT2D eigenvalue weighted by Gasteiger charge is -2.47. The molecule has 2 bridgehead atoms. The predicted molar refractivity (Wildman–Crippen MR) is 117 cm³/mol. The van der Waals surface area contributed by atoms with Crippen molar-refractivity contribution in [3.63, 3.8) is 0 Å². The van der Waals surface area contributed by atoms with Gasteiger partial charge in [-0.25, -0.2) is 9.97 Å². The van der Waals surface area contributed by atoms with E-state index >= 15 is 0 Å². The summed E-state index contributed by atoms with van der Waals surface area (Å²) >= 11 is 3.45. The van der Waals surface area contributed by atoms with Crippen LogP contribution in [0.15, 0.2) is 53.8 Å². The zero-order valence-electron chi connectivity index (χ0n) is 17.0. The van der Waals surface area contributed by atoms with E-state index in [0.29, 0.717) is 12.5 Å². The zero-order chi connectivity index (χ0) is 20.7. The maximum Gasteiger partial charge on any atom is 0.232 e. The molecule has 3 aliphatic rings. The van der Waals surface area contributed by atoms with E-state index in [9.17, 15) is 4.79 Å². The summed E-state index contributed by atoms with van der Waals surface area (Å²) in [6.45, 7) is 1.45. The number of aromatic nitrogens is 5. The van der Waals surface area contributed by atoms with Gasteiger partial charge in [0, 0.05) is 54.8 Å². The van der Waals surface area contributed by atoms with Crippen LogP contribution in [-0.2, 0) is 23.8 Å². The molecule has 0 N–H and O–H groups in total. The van der Waals surface area contributed by atoms with Crippen LogP contribution in [0.3, 0.4) is 0 Å². The first-order valence-corrected chi connectivity index (χ1v) is 11.2. The van der Waals surface area contributed by atoms with Crippen molar-refractivity contribution in [3.05, 3.63) is 59.5 Å². The standard InChI is InChI=1S/C22H25BrN6O/c1-27-11-6-18(26-27)22-7-5-16(13-22)20(22)21(30)29(19-4-3-17(23)14-25-19)10-2-9-28-12-8-24-15-28/h3-4,6,8,11-12,14-16,20H,2,5,7,9-10,13H2,1H3. The van der Waals surface area contributed by atoms with Crippen LogP contribution in [0.1, 0.15) is 31.4 Å². The smallest absolute Gasteiger partial charge is 0.232 e. The number of carbonyl (C=O) groups is 1. The second-order valence-electron chi connectivity index (χ2n) is 8.49. The van der Waals surface area contributed by atoms with Crippen molar-refractivity contribution >= 4 is 27.7 Å². The van der Waals surface area contributed by atoms with Gasteiger partial charge in [-0.05, 0) is 65.7 Å². The molecule has 1 amide bonds. The Morgan fingerprint density at radius 2 is 2.23 bits per heavy atom. The fraction of sp³-hybridized carbons (Fsp3) is 0.455. The molecule has 0 spiro atoms. The highest BCUT2D eigenvalue weighted by atomic mass is 79.9. The van der Waals surface area contributed by atoms with Gasteiger partial charge in [0.05, 0.1) is 17.9 Å². The maximum absolute atomic E-state index is 13.9. The van der Waals surface area contributed by atoms with Gasteiger partial charge in [0.15, 0.2) is 0 Å². The van der Waals surface area contributed by atoms with Crippen LogP contribution in [-0.4, -0.2) is 36.8 Å². The summed E-state index contributed by atoms with van der Waals surface area (Å²) in [4.78, 5) is 24.4. The number of hydrogen-bond donors (Lipinski definition) is 0. The lowest BCUT2D eigenvalue weighted by atomic mass is 9.58. The van der Waals surface area contributed by atoms with E-state index in [1.54, 1.807) is 12.4 Å². The van der Waals surface area contributed by atoms with Crippen molar-refractivity contribution in [2.75, 3.05) is 11.4 Å². The van der Waals surface area contributed by atoms with Gasteiger partial charge >= 0.3 is 0 Å². The highest BCUT2D eigenvalue weighted by molar-refractivity contribution is 9.10. The number of hydrogen-bond acceptors (Lipinski definition) is 4. The van der Waals surface area contributed by atoms with Crippen molar-refractivity contribution in [1.82, 2.24) is 24.3 Å². The molecule has 3 unspecified atom stereocenters. The van der Waals surface area contributed by atoms with E-state index in [2.05, 4.69) is 37.1 Å². The first-order valence-electron chi connectivity index (χ1n) is 10.5. The average molecular weight is 469 g/mol. The molecule has 3 aromatic heterocycles. The van der Waals surface area contributed by atoms with Crippen molar-refractivity contribution < 1.29 is 4.79 Å². The van der Waals surface area contributed by atoms with Gasteiger partial charge in [-0.3, -0.25) is 14.4 Å². The highest BCUT2D eigenvalue weighted by Crippen LogP contribution is 2.64. The fourth-order valence-electron chi connectivity index (χ4n) is 5.35. The monoisotopic (exact) mass is 468 g/mol. The molecule has 0 aromatic carbocycles. The third-order valence-electron chi connectivity index (χ3n) is 6.76. The van der Waals surface area contributed by atoms with Crippen LogP contribution in [0, 0.1) is 11.8 Å². The number of pyridine rings is 1. The minimum absolute atomic E-state index is 0.00825. The molecular formula is C22H25BrN6O. The van der Waals surface area contributed by atoms with Gasteiger partial charge in [0.25, 0.3) is 0 Å². The number of halogens is 1. The molecule has 156 valence electrons. The van der Waals surface area contributed by atoms with E-state index in [0.717, 1.165) is 48.2 Å². The number of aryl methyl sites for hydroxylation is 2. The first kappa shape index (κ1) is 19.5. The van der Waals surface area contributed by atoms with Crippen LogP contribution in [0.4, 0.5) is 5.82 Å². The van der Waals surface area contributed by atoms with E-state index in [4.69, 9.17) is 0 Å². The molecule has 3 fully saturated rings. The Balaban J connectivity index is 1.40. The van der Waals surface area contributed by atoms with Gasteiger partial charge < -0.3 is 4.57 Å². The summed E-state index contributed by atoms with van der Waals surface area (Å²) in [5.41, 5.74) is 0.959. The van der Waals surface area contributed by atoms with Crippen LogP contribution in [0.5, 0.6) is 0 Å². The highest BCUT2D eigenvalue weighted by Gasteiger charge is 2.64. The Labute approximate surface area is 184 Å². The molecule has 30 heavy (non-hydrogen) atoms. The molecule has 3 atom stereocenters. The topological polar surface area (TPSA) is 68.8 Å². The molecular weight excluding hydrogens is 444 g/mol. The molecule has 0 aliphatic heterocycles. The van der Waals surface area contributed by atoms with E-state index in [-0.39, 0.29) is 17.2 Å². The number of anilines is 1. The Kier molecular flexibility index (Phi) is 4.97. The Hall–Kier alpha value is -2.48. The number of imidazole rings is 1. The summed E-state index contributed by atoms with van der Waals surface area (Å²) < 4.78 is 4.79. The van der Waals surface area contributed by atoms with E-state index in [1.807, 2.05) is 52.1 Å². The molecule has 0 saturated heterocycles. The molecule has 3 aromatic rings. The molecule has 3 saturated carbocycles. The van der Waals surface area contributed by atoms with Gasteiger partial charge in [0.2, 0.25) is 5.91 Å². The predicted octanol–water partition coefficient (Wildman–Crippen LogP) is 3.57. The molecule has 8 heteroatoms. The number of carbonyl (C=O) groups excluding carboxylic acids is 1. The molecule has 7 nitrogen and oxygen atoms in total. The Bertz CT molecular complexity index is 1030. The Morgan fingerprint density at radius 1 is 1.33 bits per heavy atom. The van der Waals surface area contributed by atoms with Crippen molar-refractivity contribution in [3.8, 4) is 0 Å². The summed E-state index contributed by atoms with van der Waals surface area (Å²) in [6.07, 6.45) is 13.3. The van der Waals surface area contributed by atoms with E-state index in [1.165, 1.54) is 0 Å². The normalized spacial score (nSPS) is 24.6. The molecule has 6 rings (SSSR count). The number of nitrogens with zero attached hydrogens (tertiary/aromatic N) is 6. The maximum atomic E-state index is 13.9. The van der Waals surface area contributed by atoms with Gasteiger partial charge in [-0.15, -0.1) is 0 Å². The summed E-state index contributed by atoms with van der Waals surface area (Å²) in [5, 5.41) is 4.69. The largest absolute Gasteiger partial charge is 0.337 e.